The lowest BCUT2D eigenvalue weighted by Crippen LogP contribution is -2.45. The smallest absolute Gasteiger partial charge is 0.332 e. The Hall–Kier alpha value is -1.97. The van der Waals surface area contributed by atoms with Crippen molar-refractivity contribution in [2.24, 2.45) is 0 Å². The zero-order valence-corrected chi connectivity index (χ0v) is 12.2. The molecule has 2 rings (SSSR count). The molecule has 0 unspecified atom stereocenters. The van der Waals surface area contributed by atoms with Gasteiger partial charge in [0.05, 0.1) is 6.61 Å². The number of benzene rings is 1. The monoisotopic (exact) mass is 274 g/mol. The fourth-order valence-electron chi connectivity index (χ4n) is 2.40. The van der Waals surface area contributed by atoms with Crippen molar-refractivity contribution in [3.63, 3.8) is 0 Å². The molecule has 1 aromatic rings. The van der Waals surface area contributed by atoms with Crippen LogP contribution in [-0.4, -0.2) is 43.7 Å². The van der Waals surface area contributed by atoms with E-state index in [1.807, 2.05) is 19.9 Å². The van der Waals surface area contributed by atoms with E-state index in [9.17, 15) is 4.79 Å². The second-order valence-corrected chi connectivity index (χ2v) is 4.85. The van der Waals surface area contributed by atoms with E-state index in [1.165, 1.54) is 5.69 Å². The van der Waals surface area contributed by atoms with Gasteiger partial charge in [0.1, 0.15) is 0 Å². The lowest BCUT2D eigenvalue weighted by atomic mass is 10.2. The first-order valence-corrected chi connectivity index (χ1v) is 7.10. The highest BCUT2D eigenvalue weighted by Crippen LogP contribution is 2.17. The molecule has 4 heteroatoms. The summed E-state index contributed by atoms with van der Waals surface area (Å²) in [5.74, 6) is -0.254. The summed E-state index contributed by atoms with van der Waals surface area (Å²) < 4.78 is 4.94. The van der Waals surface area contributed by atoms with Crippen molar-refractivity contribution >= 4 is 11.7 Å². The standard InChI is InChI=1S/C16H22N2O2/c1-3-20-16(19)13-14(2)17-9-11-18(12-10-17)15-7-5-4-6-8-15/h4-8,13H,3,9-12H2,1-2H3/b14-13+. The second kappa shape index (κ2) is 6.98. The zero-order valence-electron chi connectivity index (χ0n) is 12.2. The molecule has 108 valence electrons. The van der Waals surface area contributed by atoms with E-state index in [0.717, 1.165) is 31.9 Å². The van der Waals surface area contributed by atoms with Crippen LogP contribution in [0, 0.1) is 0 Å². The number of carbonyl (C=O) groups excluding carboxylic acids is 1. The molecule has 1 aliphatic rings. The minimum atomic E-state index is -0.254. The summed E-state index contributed by atoms with van der Waals surface area (Å²) in [5.41, 5.74) is 2.25. The molecule has 20 heavy (non-hydrogen) atoms. The van der Waals surface area contributed by atoms with Crippen molar-refractivity contribution in [1.82, 2.24) is 4.90 Å². The number of piperazine rings is 1. The molecule has 1 saturated heterocycles. The Kier molecular flexibility index (Phi) is 5.04. The van der Waals surface area contributed by atoms with Crippen LogP contribution in [0.5, 0.6) is 0 Å². The third-order valence-electron chi connectivity index (χ3n) is 3.51. The van der Waals surface area contributed by atoms with Gasteiger partial charge < -0.3 is 14.5 Å². The SMILES string of the molecule is CCOC(=O)/C=C(\C)N1CCN(c2ccccc2)CC1. The number of ether oxygens (including phenoxy) is 1. The number of nitrogens with zero attached hydrogens (tertiary/aromatic N) is 2. The number of esters is 1. The van der Waals surface area contributed by atoms with Crippen LogP contribution in [0.4, 0.5) is 5.69 Å². The van der Waals surface area contributed by atoms with Crippen LogP contribution < -0.4 is 4.90 Å². The molecule has 0 N–H and O–H groups in total. The molecule has 0 aliphatic carbocycles. The number of para-hydroxylation sites is 1. The number of anilines is 1. The summed E-state index contributed by atoms with van der Waals surface area (Å²) in [7, 11) is 0. The highest BCUT2D eigenvalue weighted by molar-refractivity contribution is 5.82. The van der Waals surface area contributed by atoms with Gasteiger partial charge >= 0.3 is 5.97 Å². The predicted octanol–water partition coefficient (Wildman–Crippen LogP) is 2.28. The first-order valence-electron chi connectivity index (χ1n) is 7.10. The van der Waals surface area contributed by atoms with Crippen LogP contribution in [0.25, 0.3) is 0 Å². The number of allylic oxidation sites excluding steroid dienone is 1. The maximum atomic E-state index is 11.4. The summed E-state index contributed by atoms with van der Waals surface area (Å²) in [6, 6.07) is 10.4. The van der Waals surface area contributed by atoms with Crippen molar-refractivity contribution in [2.75, 3.05) is 37.7 Å². The van der Waals surface area contributed by atoms with Crippen LogP contribution in [0.1, 0.15) is 13.8 Å². The molecule has 4 nitrogen and oxygen atoms in total. The Morgan fingerprint density at radius 2 is 1.85 bits per heavy atom. The topological polar surface area (TPSA) is 32.8 Å². The largest absolute Gasteiger partial charge is 0.463 e. The van der Waals surface area contributed by atoms with Crippen molar-refractivity contribution in [2.45, 2.75) is 13.8 Å². The summed E-state index contributed by atoms with van der Waals surface area (Å²) >= 11 is 0. The summed E-state index contributed by atoms with van der Waals surface area (Å²) in [6.45, 7) is 8.00. The fraction of sp³-hybridized carbons (Fsp3) is 0.438. The van der Waals surface area contributed by atoms with Gasteiger partial charge in [0.25, 0.3) is 0 Å². The van der Waals surface area contributed by atoms with Gasteiger partial charge in [0.15, 0.2) is 0 Å². The van der Waals surface area contributed by atoms with E-state index in [4.69, 9.17) is 4.74 Å². The van der Waals surface area contributed by atoms with Crippen LogP contribution in [-0.2, 0) is 9.53 Å². The van der Waals surface area contributed by atoms with Crippen molar-refractivity contribution < 1.29 is 9.53 Å². The molecule has 0 bridgehead atoms. The predicted molar refractivity (Wildman–Crippen MR) is 80.6 cm³/mol. The van der Waals surface area contributed by atoms with Gasteiger partial charge in [-0.15, -0.1) is 0 Å². The first kappa shape index (κ1) is 14.4. The van der Waals surface area contributed by atoms with Crippen molar-refractivity contribution in [1.29, 1.82) is 0 Å². The van der Waals surface area contributed by atoms with Crippen molar-refractivity contribution in [3.8, 4) is 0 Å². The normalized spacial score (nSPS) is 16.2. The average Bonchev–Trinajstić information content (AvgIpc) is 2.48. The summed E-state index contributed by atoms with van der Waals surface area (Å²) in [4.78, 5) is 16.0. The molecule has 1 aliphatic heterocycles. The molecule has 0 aromatic heterocycles. The van der Waals surface area contributed by atoms with E-state index in [2.05, 4.69) is 34.1 Å². The van der Waals surface area contributed by atoms with E-state index >= 15 is 0 Å². The molecule has 0 spiro atoms. The number of hydrogen-bond acceptors (Lipinski definition) is 4. The minimum Gasteiger partial charge on any atom is -0.463 e. The van der Waals surface area contributed by atoms with Crippen LogP contribution in [0.2, 0.25) is 0 Å². The number of carbonyl (C=O) groups is 1. The van der Waals surface area contributed by atoms with Gasteiger partial charge in [-0.2, -0.15) is 0 Å². The number of hydrogen-bond donors (Lipinski definition) is 0. The molecule has 0 saturated carbocycles. The zero-order chi connectivity index (χ0) is 14.4. The van der Waals surface area contributed by atoms with Gasteiger partial charge in [-0.3, -0.25) is 0 Å². The third kappa shape index (κ3) is 3.76. The third-order valence-corrected chi connectivity index (χ3v) is 3.51. The molecule has 1 fully saturated rings. The Bertz CT molecular complexity index is 463. The van der Waals surface area contributed by atoms with E-state index < -0.39 is 0 Å². The molecule has 0 amide bonds. The molecular weight excluding hydrogens is 252 g/mol. The van der Waals surface area contributed by atoms with Gasteiger partial charge in [-0.05, 0) is 26.0 Å². The van der Waals surface area contributed by atoms with Crippen LogP contribution >= 0.6 is 0 Å². The number of rotatable bonds is 4. The quantitative estimate of drug-likeness (QED) is 0.623. The lowest BCUT2D eigenvalue weighted by molar-refractivity contribution is -0.137. The van der Waals surface area contributed by atoms with E-state index in [-0.39, 0.29) is 5.97 Å². The molecular formula is C16H22N2O2. The van der Waals surface area contributed by atoms with Crippen LogP contribution in [0.3, 0.4) is 0 Å². The van der Waals surface area contributed by atoms with E-state index in [1.54, 1.807) is 6.08 Å². The highest BCUT2D eigenvalue weighted by Gasteiger charge is 2.17. The Balaban J connectivity index is 1.89. The van der Waals surface area contributed by atoms with Gasteiger partial charge in [-0.1, -0.05) is 18.2 Å². The minimum absolute atomic E-state index is 0.254. The summed E-state index contributed by atoms with van der Waals surface area (Å²) in [6.07, 6.45) is 1.58. The molecule has 0 radical (unpaired) electrons. The van der Waals surface area contributed by atoms with Crippen LogP contribution in [0.15, 0.2) is 42.1 Å². The van der Waals surface area contributed by atoms with E-state index in [0.29, 0.717) is 6.61 Å². The fourth-order valence-corrected chi connectivity index (χ4v) is 2.40. The van der Waals surface area contributed by atoms with Crippen molar-refractivity contribution in [3.05, 3.63) is 42.1 Å². The Morgan fingerprint density at radius 1 is 1.20 bits per heavy atom. The maximum Gasteiger partial charge on any atom is 0.332 e. The summed E-state index contributed by atoms with van der Waals surface area (Å²) in [5, 5.41) is 0. The maximum absolute atomic E-state index is 11.4. The van der Waals surface area contributed by atoms with Gasteiger partial charge in [0.2, 0.25) is 0 Å². The Labute approximate surface area is 120 Å². The van der Waals surface area contributed by atoms with Gasteiger partial charge in [0, 0.05) is 43.6 Å². The molecule has 0 atom stereocenters. The average molecular weight is 274 g/mol. The molecule has 1 aromatic carbocycles. The highest BCUT2D eigenvalue weighted by atomic mass is 16.5. The Morgan fingerprint density at radius 3 is 2.45 bits per heavy atom. The first-order chi connectivity index (χ1) is 9.70. The van der Waals surface area contributed by atoms with Gasteiger partial charge in [-0.25, -0.2) is 4.79 Å². The molecule has 1 heterocycles. The lowest BCUT2D eigenvalue weighted by Gasteiger charge is -2.37. The second-order valence-electron chi connectivity index (χ2n) is 4.85.